The number of alkyl halides is 3. The van der Waals surface area contributed by atoms with Crippen molar-refractivity contribution in [1.82, 2.24) is 0 Å². The highest BCUT2D eigenvalue weighted by Gasteiger charge is 2.33. The van der Waals surface area contributed by atoms with Crippen LogP contribution in [0, 0.1) is 29.4 Å². The predicted molar refractivity (Wildman–Crippen MR) is 153 cm³/mol. The van der Waals surface area contributed by atoms with Gasteiger partial charge in [-0.1, -0.05) is 70.4 Å². The molecule has 3 aliphatic rings. The molecular formula is C35H45F5O. The molecule has 6 heteroatoms. The highest BCUT2D eigenvalue weighted by molar-refractivity contribution is 5.39. The van der Waals surface area contributed by atoms with Crippen LogP contribution < -0.4 is 4.74 Å². The first kappa shape index (κ1) is 30.4. The minimum absolute atomic E-state index is 0.158. The van der Waals surface area contributed by atoms with E-state index in [1.807, 2.05) is 0 Å². The number of ether oxygens (including phenoxy) is 1. The van der Waals surface area contributed by atoms with Gasteiger partial charge in [0, 0.05) is 5.56 Å². The molecule has 0 amide bonds. The summed E-state index contributed by atoms with van der Waals surface area (Å²) in [7, 11) is 0. The van der Waals surface area contributed by atoms with Crippen LogP contribution in [0.2, 0.25) is 0 Å². The van der Waals surface area contributed by atoms with Crippen LogP contribution >= 0.6 is 0 Å². The van der Waals surface area contributed by atoms with Crippen molar-refractivity contribution < 1.29 is 26.7 Å². The second-order valence-corrected chi connectivity index (χ2v) is 13.1. The molecule has 226 valence electrons. The molecule has 2 saturated carbocycles. The summed E-state index contributed by atoms with van der Waals surface area (Å²) in [5.41, 5.74) is 2.81. The van der Waals surface area contributed by atoms with E-state index in [2.05, 4.69) is 11.7 Å². The summed E-state index contributed by atoms with van der Waals surface area (Å²) in [5, 5.41) is 0. The van der Waals surface area contributed by atoms with Gasteiger partial charge in [-0.25, -0.2) is 8.78 Å². The van der Waals surface area contributed by atoms with Crippen LogP contribution in [0.3, 0.4) is 0 Å². The van der Waals surface area contributed by atoms with E-state index in [0.29, 0.717) is 25.2 Å². The molecule has 2 aromatic rings. The minimum atomic E-state index is -4.71. The van der Waals surface area contributed by atoms with Gasteiger partial charge in [-0.15, -0.1) is 13.2 Å². The molecule has 0 spiro atoms. The highest BCUT2D eigenvalue weighted by Crippen LogP contribution is 2.44. The van der Waals surface area contributed by atoms with Gasteiger partial charge in [0.05, 0.1) is 0 Å². The van der Waals surface area contributed by atoms with Crippen molar-refractivity contribution in [3.63, 3.8) is 0 Å². The first-order valence-corrected chi connectivity index (χ1v) is 16.1. The number of benzene rings is 2. The fourth-order valence-corrected chi connectivity index (χ4v) is 7.99. The van der Waals surface area contributed by atoms with Gasteiger partial charge in [-0.05, 0) is 116 Å². The van der Waals surface area contributed by atoms with Gasteiger partial charge >= 0.3 is 6.36 Å². The molecule has 0 aromatic heterocycles. The minimum Gasteiger partial charge on any atom is -0.406 e. The molecule has 2 aromatic carbocycles. The standard InChI is InChI=1S/C35H45F5O/c1-2-3-4-23-5-7-24(8-6-23)9-10-25-11-20-31-29(21-25)22-32(36)33(34(31)37)28-14-12-26(13-15-28)27-16-18-30(19-17-27)41-35(38,39)40/h16-19,22-26,28H,2-15,20-21H2,1H3. The number of rotatable bonds is 9. The lowest BCUT2D eigenvalue weighted by Gasteiger charge is -2.32. The van der Waals surface area contributed by atoms with E-state index < -0.39 is 12.2 Å². The molecule has 0 saturated heterocycles. The Bertz CT molecular complexity index is 1120. The smallest absolute Gasteiger partial charge is 0.406 e. The average Bonchev–Trinajstić information content (AvgIpc) is 2.95. The number of fused-ring (bicyclic) bond motifs is 1. The van der Waals surface area contributed by atoms with Crippen LogP contribution in [0.1, 0.15) is 131 Å². The van der Waals surface area contributed by atoms with Crippen molar-refractivity contribution in [1.29, 1.82) is 0 Å². The Balaban J connectivity index is 1.13. The summed E-state index contributed by atoms with van der Waals surface area (Å²) >= 11 is 0. The number of hydrogen-bond donors (Lipinski definition) is 0. The van der Waals surface area contributed by atoms with Crippen LogP contribution in [0.15, 0.2) is 30.3 Å². The van der Waals surface area contributed by atoms with Crippen molar-refractivity contribution in [2.45, 2.75) is 128 Å². The first-order valence-electron chi connectivity index (χ1n) is 16.1. The lowest BCUT2D eigenvalue weighted by atomic mass is 9.73. The van der Waals surface area contributed by atoms with Gasteiger partial charge in [0.25, 0.3) is 0 Å². The maximum Gasteiger partial charge on any atom is 0.573 e. The van der Waals surface area contributed by atoms with Crippen LogP contribution in [0.5, 0.6) is 5.75 Å². The van der Waals surface area contributed by atoms with Crippen molar-refractivity contribution in [2.24, 2.45) is 17.8 Å². The molecule has 5 rings (SSSR count). The monoisotopic (exact) mass is 576 g/mol. The van der Waals surface area contributed by atoms with Gasteiger partial charge in [-0.2, -0.15) is 0 Å². The van der Waals surface area contributed by atoms with E-state index in [4.69, 9.17) is 0 Å². The summed E-state index contributed by atoms with van der Waals surface area (Å²) in [5.74, 6) is 1.33. The fraction of sp³-hybridized carbons (Fsp3) is 0.657. The molecule has 2 fully saturated rings. The zero-order valence-corrected chi connectivity index (χ0v) is 24.4. The van der Waals surface area contributed by atoms with Crippen molar-refractivity contribution in [2.75, 3.05) is 0 Å². The normalized spacial score (nSPS) is 26.9. The van der Waals surface area contributed by atoms with E-state index in [1.165, 1.54) is 69.9 Å². The molecule has 0 radical (unpaired) electrons. The van der Waals surface area contributed by atoms with Gasteiger partial charge in [-0.3, -0.25) is 0 Å². The van der Waals surface area contributed by atoms with Gasteiger partial charge in [0.1, 0.15) is 17.4 Å². The zero-order valence-electron chi connectivity index (χ0n) is 24.4. The molecule has 3 aliphatic carbocycles. The zero-order chi connectivity index (χ0) is 29.0. The highest BCUT2D eigenvalue weighted by atomic mass is 19.4. The molecule has 1 unspecified atom stereocenters. The summed E-state index contributed by atoms with van der Waals surface area (Å²) in [4.78, 5) is 0. The summed E-state index contributed by atoms with van der Waals surface area (Å²) in [6.45, 7) is 2.27. The van der Waals surface area contributed by atoms with Gasteiger partial charge in [0.15, 0.2) is 0 Å². The lowest BCUT2D eigenvalue weighted by molar-refractivity contribution is -0.274. The van der Waals surface area contributed by atoms with Crippen molar-refractivity contribution in [3.05, 3.63) is 64.2 Å². The van der Waals surface area contributed by atoms with Crippen LogP contribution in [0.4, 0.5) is 22.0 Å². The van der Waals surface area contributed by atoms with Gasteiger partial charge < -0.3 is 4.74 Å². The maximum absolute atomic E-state index is 15.8. The quantitative estimate of drug-likeness (QED) is 0.270. The van der Waals surface area contributed by atoms with Gasteiger partial charge in [0.2, 0.25) is 0 Å². The van der Waals surface area contributed by atoms with E-state index in [1.54, 1.807) is 18.2 Å². The largest absolute Gasteiger partial charge is 0.573 e. The number of halogens is 5. The maximum atomic E-state index is 15.8. The Labute approximate surface area is 242 Å². The Kier molecular flexibility index (Phi) is 9.97. The molecule has 0 aliphatic heterocycles. The second-order valence-electron chi connectivity index (χ2n) is 13.1. The SMILES string of the molecule is CCCCC1CCC(CCC2CCc3c(cc(F)c(C4CCC(c5ccc(OC(F)(F)F)cc5)CC4)c3F)C2)CC1. The molecule has 0 heterocycles. The molecule has 0 bridgehead atoms. The van der Waals surface area contributed by atoms with E-state index >= 15 is 8.78 Å². The Morgan fingerprint density at radius 1 is 0.756 bits per heavy atom. The third-order valence-electron chi connectivity index (χ3n) is 10.4. The molecule has 41 heavy (non-hydrogen) atoms. The Morgan fingerprint density at radius 3 is 2.00 bits per heavy atom. The average molecular weight is 577 g/mol. The molecule has 1 nitrogen and oxygen atoms in total. The van der Waals surface area contributed by atoms with Crippen LogP contribution in [0.25, 0.3) is 0 Å². The predicted octanol–water partition coefficient (Wildman–Crippen LogP) is 11.2. The van der Waals surface area contributed by atoms with E-state index in [-0.39, 0.29) is 29.0 Å². The summed E-state index contributed by atoms with van der Waals surface area (Å²) in [6, 6.07) is 7.64. The summed E-state index contributed by atoms with van der Waals surface area (Å²) in [6.07, 6.45) is 12.5. The topological polar surface area (TPSA) is 9.23 Å². The number of unbranched alkanes of at least 4 members (excludes halogenated alkanes) is 1. The molecular weight excluding hydrogens is 531 g/mol. The Morgan fingerprint density at radius 2 is 1.37 bits per heavy atom. The Hall–Kier alpha value is -2.11. The van der Waals surface area contributed by atoms with E-state index in [0.717, 1.165) is 54.2 Å². The van der Waals surface area contributed by atoms with Crippen molar-refractivity contribution in [3.8, 4) is 5.75 Å². The number of hydrogen-bond acceptors (Lipinski definition) is 1. The third-order valence-corrected chi connectivity index (χ3v) is 10.4. The fourth-order valence-electron chi connectivity index (χ4n) is 7.99. The second kappa shape index (κ2) is 13.5. The summed E-state index contributed by atoms with van der Waals surface area (Å²) < 4.78 is 72.5. The lowest BCUT2D eigenvalue weighted by Crippen LogP contribution is -2.21. The first-order chi connectivity index (χ1) is 19.7. The molecule has 0 N–H and O–H groups in total. The van der Waals surface area contributed by atoms with Crippen molar-refractivity contribution >= 4 is 0 Å². The molecule has 1 atom stereocenters. The van der Waals surface area contributed by atoms with Crippen LogP contribution in [-0.2, 0) is 12.8 Å². The van der Waals surface area contributed by atoms with E-state index in [9.17, 15) is 13.2 Å². The van der Waals surface area contributed by atoms with Crippen LogP contribution in [-0.4, -0.2) is 6.36 Å². The third kappa shape index (κ3) is 7.84.